The molecule has 1 aliphatic carbocycles. The van der Waals surface area contributed by atoms with E-state index in [4.69, 9.17) is 5.11 Å². The Hall–Kier alpha value is -1.31. The molecule has 0 aromatic carbocycles. The summed E-state index contributed by atoms with van der Waals surface area (Å²) in [5.74, 6) is 0. The lowest BCUT2D eigenvalue weighted by Gasteiger charge is -2.19. The molecule has 0 amide bonds. The van der Waals surface area contributed by atoms with Crippen LogP contribution in [0.15, 0.2) is 16.4 Å². The quantitative estimate of drug-likeness (QED) is 0.831. The van der Waals surface area contributed by atoms with Crippen LogP contribution < -0.4 is 5.56 Å². The minimum atomic E-state index is -0.143. The highest BCUT2D eigenvalue weighted by Gasteiger charge is 2.28. The van der Waals surface area contributed by atoms with E-state index < -0.39 is 0 Å². The first kappa shape index (κ1) is 11.8. The predicted molar refractivity (Wildman–Crippen MR) is 67.7 cm³/mol. The van der Waals surface area contributed by atoms with Crippen molar-refractivity contribution in [3.8, 4) is 0 Å². The zero-order valence-corrected chi connectivity index (χ0v) is 10.6. The van der Waals surface area contributed by atoms with E-state index in [-0.39, 0.29) is 12.2 Å². The summed E-state index contributed by atoms with van der Waals surface area (Å²) >= 11 is 1.35. The molecule has 2 heterocycles. The van der Waals surface area contributed by atoms with Crippen LogP contribution in [0.3, 0.4) is 0 Å². The number of aromatic nitrogens is 3. The highest BCUT2D eigenvalue weighted by molar-refractivity contribution is 7.14. The van der Waals surface area contributed by atoms with Crippen LogP contribution in [0.2, 0.25) is 0 Å². The van der Waals surface area contributed by atoms with Crippen molar-refractivity contribution < 1.29 is 5.11 Å². The largest absolute Gasteiger partial charge is 0.395 e. The SMILES string of the molecule is O=c1cc(CN(CCO)C2CC2)nc2scnn12. The Bertz CT molecular complexity index is 604. The zero-order valence-electron chi connectivity index (χ0n) is 9.82. The topological polar surface area (TPSA) is 70.7 Å². The van der Waals surface area contributed by atoms with Gasteiger partial charge in [-0.1, -0.05) is 11.3 Å². The Kier molecular flexibility index (Phi) is 3.11. The fourth-order valence-electron chi connectivity index (χ4n) is 2.05. The second kappa shape index (κ2) is 4.75. The minimum absolute atomic E-state index is 0.137. The van der Waals surface area contributed by atoms with E-state index in [2.05, 4.69) is 15.0 Å². The van der Waals surface area contributed by atoms with Gasteiger partial charge in [-0.3, -0.25) is 9.69 Å². The van der Waals surface area contributed by atoms with E-state index in [1.165, 1.54) is 34.8 Å². The van der Waals surface area contributed by atoms with Crippen molar-refractivity contribution in [3.63, 3.8) is 0 Å². The van der Waals surface area contributed by atoms with Gasteiger partial charge in [0.1, 0.15) is 5.51 Å². The van der Waals surface area contributed by atoms with Gasteiger partial charge in [0.2, 0.25) is 4.96 Å². The van der Waals surface area contributed by atoms with Crippen molar-refractivity contribution in [1.82, 2.24) is 19.5 Å². The van der Waals surface area contributed by atoms with E-state index in [1.54, 1.807) is 5.51 Å². The van der Waals surface area contributed by atoms with Gasteiger partial charge in [-0.25, -0.2) is 4.98 Å². The Morgan fingerprint density at radius 2 is 2.39 bits per heavy atom. The van der Waals surface area contributed by atoms with Crippen LogP contribution >= 0.6 is 11.3 Å². The van der Waals surface area contributed by atoms with Crippen molar-refractivity contribution in [2.24, 2.45) is 0 Å². The molecule has 1 aliphatic rings. The fraction of sp³-hybridized carbons (Fsp3) is 0.545. The van der Waals surface area contributed by atoms with Crippen LogP contribution in [0.25, 0.3) is 4.96 Å². The van der Waals surface area contributed by atoms with Gasteiger partial charge in [0.15, 0.2) is 0 Å². The third-order valence-electron chi connectivity index (χ3n) is 3.06. The van der Waals surface area contributed by atoms with Crippen LogP contribution in [0.5, 0.6) is 0 Å². The van der Waals surface area contributed by atoms with Gasteiger partial charge in [0, 0.05) is 25.2 Å². The summed E-state index contributed by atoms with van der Waals surface area (Å²) in [4.78, 5) is 19.0. The average Bonchev–Trinajstić information content (AvgIpc) is 3.08. The van der Waals surface area contributed by atoms with E-state index in [1.807, 2.05) is 0 Å². The molecule has 0 saturated heterocycles. The fourth-order valence-corrected chi connectivity index (χ4v) is 2.69. The van der Waals surface area contributed by atoms with Crippen LogP contribution in [-0.2, 0) is 6.54 Å². The summed E-state index contributed by atoms with van der Waals surface area (Å²) < 4.78 is 1.31. The molecule has 0 unspecified atom stereocenters. The van der Waals surface area contributed by atoms with E-state index >= 15 is 0 Å². The normalized spacial score (nSPS) is 15.7. The molecule has 7 heteroatoms. The summed E-state index contributed by atoms with van der Waals surface area (Å²) in [6.45, 7) is 1.39. The van der Waals surface area contributed by atoms with Crippen LogP contribution in [-0.4, -0.2) is 43.8 Å². The number of aliphatic hydroxyl groups is 1. The molecular weight excluding hydrogens is 252 g/mol. The molecule has 3 rings (SSSR count). The average molecular weight is 266 g/mol. The number of aliphatic hydroxyl groups excluding tert-OH is 1. The van der Waals surface area contributed by atoms with Gasteiger partial charge < -0.3 is 5.11 Å². The van der Waals surface area contributed by atoms with Crippen molar-refractivity contribution >= 4 is 16.3 Å². The van der Waals surface area contributed by atoms with Crippen molar-refractivity contribution in [3.05, 3.63) is 27.6 Å². The van der Waals surface area contributed by atoms with Crippen LogP contribution in [0.4, 0.5) is 0 Å². The summed E-state index contributed by atoms with van der Waals surface area (Å²) in [5, 5.41) is 13.0. The molecule has 0 bridgehead atoms. The van der Waals surface area contributed by atoms with Crippen molar-refractivity contribution in [2.75, 3.05) is 13.2 Å². The van der Waals surface area contributed by atoms with E-state index in [0.29, 0.717) is 24.1 Å². The Balaban J connectivity index is 1.86. The lowest BCUT2D eigenvalue weighted by atomic mass is 10.3. The minimum Gasteiger partial charge on any atom is -0.395 e. The number of hydrogen-bond donors (Lipinski definition) is 1. The highest BCUT2D eigenvalue weighted by atomic mass is 32.1. The van der Waals surface area contributed by atoms with Gasteiger partial charge in [-0.05, 0) is 12.8 Å². The maximum atomic E-state index is 11.8. The molecule has 2 aromatic rings. The highest BCUT2D eigenvalue weighted by Crippen LogP contribution is 2.27. The molecule has 0 aliphatic heterocycles. The standard InChI is InChI=1S/C11H14N4O2S/c16-4-3-14(9-1-2-9)6-8-5-10(17)15-11(13-8)18-7-12-15/h5,7,9,16H,1-4,6H2. The molecule has 1 N–H and O–H groups in total. The maximum Gasteiger partial charge on any atom is 0.275 e. The lowest BCUT2D eigenvalue weighted by Crippen LogP contribution is -2.30. The van der Waals surface area contributed by atoms with E-state index in [0.717, 1.165) is 5.69 Å². The van der Waals surface area contributed by atoms with Gasteiger partial charge in [-0.15, -0.1) is 0 Å². The maximum absolute atomic E-state index is 11.8. The summed E-state index contributed by atoms with van der Waals surface area (Å²) in [6, 6.07) is 2.07. The first-order valence-corrected chi connectivity index (χ1v) is 6.83. The summed E-state index contributed by atoms with van der Waals surface area (Å²) in [6.07, 6.45) is 2.34. The molecule has 0 spiro atoms. The number of nitrogens with zero attached hydrogens (tertiary/aromatic N) is 4. The Labute approximate surface area is 108 Å². The molecule has 2 aromatic heterocycles. The van der Waals surface area contributed by atoms with Crippen molar-refractivity contribution in [1.29, 1.82) is 0 Å². The Morgan fingerprint density at radius 1 is 1.56 bits per heavy atom. The van der Waals surface area contributed by atoms with Crippen LogP contribution in [0, 0.1) is 0 Å². The number of rotatable bonds is 5. The second-order valence-electron chi connectivity index (χ2n) is 4.44. The first-order valence-electron chi connectivity index (χ1n) is 5.95. The molecule has 0 atom stereocenters. The molecule has 1 fully saturated rings. The third kappa shape index (κ3) is 2.29. The molecule has 0 radical (unpaired) electrons. The molecule has 96 valence electrons. The van der Waals surface area contributed by atoms with Crippen molar-refractivity contribution in [2.45, 2.75) is 25.4 Å². The zero-order chi connectivity index (χ0) is 12.5. The molecule has 6 nitrogen and oxygen atoms in total. The number of fused-ring (bicyclic) bond motifs is 1. The lowest BCUT2D eigenvalue weighted by molar-refractivity contribution is 0.182. The third-order valence-corrected chi connectivity index (χ3v) is 3.73. The first-order chi connectivity index (χ1) is 8.78. The van der Waals surface area contributed by atoms with Gasteiger partial charge in [-0.2, -0.15) is 9.61 Å². The van der Waals surface area contributed by atoms with Gasteiger partial charge in [0.05, 0.1) is 12.3 Å². The monoisotopic (exact) mass is 266 g/mol. The Morgan fingerprint density at radius 3 is 3.11 bits per heavy atom. The van der Waals surface area contributed by atoms with Gasteiger partial charge in [0.25, 0.3) is 5.56 Å². The van der Waals surface area contributed by atoms with Crippen LogP contribution in [0.1, 0.15) is 18.5 Å². The molecule has 18 heavy (non-hydrogen) atoms. The number of hydrogen-bond acceptors (Lipinski definition) is 6. The van der Waals surface area contributed by atoms with Gasteiger partial charge >= 0.3 is 0 Å². The molecular formula is C11H14N4O2S. The summed E-state index contributed by atoms with van der Waals surface area (Å²) in [7, 11) is 0. The second-order valence-corrected chi connectivity index (χ2v) is 5.26. The summed E-state index contributed by atoms with van der Waals surface area (Å²) in [5.41, 5.74) is 2.22. The molecule has 1 saturated carbocycles. The van der Waals surface area contributed by atoms with E-state index in [9.17, 15) is 4.79 Å². The predicted octanol–water partition coefficient (Wildman–Crippen LogP) is 0.108. The smallest absolute Gasteiger partial charge is 0.275 e.